The normalized spacial score (nSPS) is 16.5. The van der Waals surface area contributed by atoms with Gasteiger partial charge in [-0.25, -0.2) is 4.98 Å². The molecule has 4 nitrogen and oxygen atoms in total. The van der Waals surface area contributed by atoms with E-state index in [0.717, 1.165) is 51.5 Å². The number of hydrogen-bond acceptors (Lipinski definition) is 4. The van der Waals surface area contributed by atoms with Gasteiger partial charge in [-0.3, -0.25) is 9.69 Å². The highest BCUT2D eigenvalue weighted by atomic mass is 32.1. The van der Waals surface area contributed by atoms with Crippen molar-refractivity contribution in [3.8, 4) is 0 Å². The van der Waals surface area contributed by atoms with Crippen molar-refractivity contribution in [2.45, 2.75) is 53.1 Å². The first kappa shape index (κ1) is 20.0. The van der Waals surface area contributed by atoms with Crippen molar-refractivity contribution in [3.63, 3.8) is 0 Å². The highest BCUT2D eigenvalue weighted by molar-refractivity contribution is 7.22. The minimum atomic E-state index is 0.0842. The maximum absolute atomic E-state index is 13.4. The van der Waals surface area contributed by atoms with Gasteiger partial charge >= 0.3 is 0 Å². The Hall–Kier alpha value is -2.24. The van der Waals surface area contributed by atoms with Crippen molar-refractivity contribution in [1.29, 1.82) is 0 Å². The molecular formula is C24H28N2O2S. The lowest BCUT2D eigenvalue weighted by molar-refractivity contribution is -0.118. The molecule has 1 saturated heterocycles. The lowest BCUT2D eigenvalue weighted by Gasteiger charge is -2.23. The van der Waals surface area contributed by atoms with Gasteiger partial charge in [0, 0.05) is 6.61 Å². The Kier molecular flexibility index (Phi) is 5.70. The molecule has 1 unspecified atom stereocenters. The molecule has 1 aliphatic rings. The zero-order valence-corrected chi connectivity index (χ0v) is 18.4. The van der Waals surface area contributed by atoms with Gasteiger partial charge in [-0.1, -0.05) is 41.2 Å². The number of thiazole rings is 1. The molecule has 1 atom stereocenters. The van der Waals surface area contributed by atoms with Crippen LogP contribution in [0.5, 0.6) is 0 Å². The molecular weight excluding hydrogens is 380 g/mol. The van der Waals surface area contributed by atoms with Crippen LogP contribution in [-0.2, 0) is 16.0 Å². The van der Waals surface area contributed by atoms with E-state index in [1.807, 2.05) is 4.90 Å². The molecule has 2 heterocycles. The molecule has 0 saturated carbocycles. The Morgan fingerprint density at radius 3 is 2.66 bits per heavy atom. The van der Waals surface area contributed by atoms with Gasteiger partial charge < -0.3 is 4.74 Å². The number of carbonyl (C=O) groups excluding carboxylic acids is 1. The fourth-order valence-electron chi connectivity index (χ4n) is 4.06. The predicted octanol–water partition coefficient (Wildman–Crippen LogP) is 5.28. The summed E-state index contributed by atoms with van der Waals surface area (Å²) in [5.41, 5.74) is 6.82. The molecule has 1 amide bonds. The van der Waals surface area contributed by atoms with Crippen molar-refractivity contribution in [2.24, 2.45) is 0 Å². The van der Waals surface area contributed by atoms with Crippen LogP contribution in [0, 0.1) is 27.7 Å². The third kappa shape index (κ3) is 4.36. The SMILES string of the molecule is Cc1ccc(CC(=O)N(CC2CCCO2)c2nc3c(C)cc(C)cc3s2)c(C)c1. The molecule has 0 aliphatic carbocycles. The molecule has 0 radical (unpaired) electrons. The fraction of sp³-hybridized carbons (Fsp3) is 0.417. The van der Waals surface area contributed by atoms with Crippen LogP contribution >= 0.6 is 11.3 Å². The smallest absolute Gasteiger partial charge is 0.233 e. The number of aryl methyl sites for hydroxylation is 4. The Morgan fingerprint density at radius 2 is 1.93 bits per heavy atom. The van der Waals surface area contributed by atoms with Crippen molar-refractivity contribution in [1.82, 2.24) is 4.98 Å². The standard InChI is InChI=1S/C24H28N2O2S/c1-15-7-8-19(17(3)10-15)13-22(27)26(14-20-6-5-9-28-20)24-25-23-18(4)11-16(2)12-21(23)29-24/h7-8,10-12,20H,5-6,9,13-14H2,1-4H3. The van der Waals surface area contributed by atoms with Crippen LogP contribution in [0.25, 0.3) is 10.2 Å². The molecule has 3 aromatic rings. The Bertz CT molecular complexity index is 1050. The fourth-order valence-corrected chi connectivity index (χ4v) is 5.22. The molecule has 0 spiro atoms. The van der Waals surface area contributed by atoms with Crippen LogP contribution in [0.4, 0.5) is 5.13 Å². The first-order chi connectivity index (χ1) is 13.9. The number of carbonyl (C=O) groups is 1. The molecule has 29 heavy (non-hydrogen) atoms. The van der Waals surface area contributed by atoms with E-state index >= 15 is 0 Å². The average molecular weight is 409 g/mol. The van der Waals surface area contributed by atoms with Crippen LogP contribution in [0.15, 0.2) is 30.3 Å². The van der Waals surface area contributed by atoms with E-state index in [1.54, 1.807) is 11.3 Å². The van der Waals surface area contributed by atoms with Gasteiger partial charge in [0.25, 0.3) is 0 Å². The van der Waals surface area contributed by atoms with Gasteiger partial charge in [-0.2, -0.15) is 0 Å². The van der Waals surface area contributed by atoms with Crippen LogP contribution < -0.4 is 4.90 Å². The number of nitrogens with zero attached hydrogens (tertiary/aromatic N) is 2. The minimum absolute atomic E-state index is 0.0842. The minimum Gasteiger partial charge on any atom is -0.376 e. The molecule has 4 rings (SSSR count). The third-order valence-electron chi connectivity index (χ3n) is 5.60. The first-order valence-electron chi connectivity index (χ1n) is 10.3. The van der Waals surface area contributed by atoms with Gasteiger partial charge in [-0.15, -0.1) is 0 Å². The number of hydrogen-bond donors (Lipinski definition) is 0. The van der Waals surface area contributed by atoms with Gasteiger partial charge in [0.15, 0.2) is 5.13 Å². The summed E-state index contributed by atoms with van der Waals surface area (Å²) in [7, 11) is 0. The van der Waals surface area contributed by atoms with E-state index in [0.29, 0.717) is 13.0 Å². The summed E-state index contributed by atoms with van der Waals surface area (Å²) < 4.78 is 6.98. The maximum atomic E-state index is 13.4. The molecule has 5 heteroatoms. The molecule has 1 aliphatic heterocycles. The molecule has 2 aromatic carbocycles. The topological polar surface area (TPSA) is 42.4 Å². The van der Waals surface area contributed by atoms with E-state index < -0.39 is 0 Å². The van der Waals surface area contributed by atoms with Crippen molar-refractivity contribution < 1.29 is 9.53 Å². The maximum Gasteiger partial charge on any atom is 0.233 e. The van der Waals surface area contributed by atoms with Crippen molar-refractivity contribution >= 4 is 32.6 Å². The molecule has 1 aromatic heterocycles. The summed E-state index contributed by atoms with van der Waals surface area (Å²) in [6.45, 7) is 9.68. The van der Waals surface area contributed by atoms with E-state index in [1.165, 1.54) is 11.1 Å². The third-order valence-corrected chi connectivity index (χ3v) is 6.63. The first-order valence-corrected chi connectivity index (χ1v) is 11.1. The molecule has 0 bridgehead atoms. The molecule has 152 valence electrons. The predicted molar refractivity (Wildman–Crippen MR) is 120 cm³/mol. The molecule has 1 fully saturated rings. The second kappa shape index (κ2) is 8.25. The van der Waals surface area contributed by atoms with Crippen molar-refractivity contribution in [2.75, 3.05) is 18.1 Å². The highest BCUT2D eigenvalue weighted by Gasteiger charge is 2.26. The summed E-state index contributed by atoms with van der Waals surface area (Å²) in [6.07, 6.45) is 2.53. The van der Waals surface area contributed by atoms with Crippen LogP contribution in [0.2, 0.25) is 0 Å². The van der Waals surface area contributed by atoms with Gasteiger partial charge in [0.1, 0.15) is 0 Å². The zero-order chi connectivity index (χ0) is 20.5. The van der Waals surface area contributed by atoms with Crippen LogP contribution in [0.3, 0.4) is 0 Å². The number of aromatic nitrogens is 1. The number of amides is 1. The second-order valence-electron chi connectivity index (χ2n) is 8.17. The quantitative estimate of drug-likeness (QED) is 0.576. The van der Waals surface area contributed by atoms with Crippen LogP contribution in [0.1, 0.15) is 40.7 Å². The second-order valence-corrected chi connectivity index (χ2v) is 9.18. The number of fused-ring (bicyclic) bond motifs is 1. The van der Waals surface area contributed by atoms with Crippen molar-refractivity contribution in [3.05, 3.63) is 58.1 Å². The summed E-state index contributed by atoms with van der Waals surface area (Å²) in [5.74, 6) is 0.0842. The van der Waals surface area contributed by atoms with E-state index in [9.17, 15) is 4.79 Å². The Labute approximate surface area is 176 Å². The summed E-state index contributed by atoms with van der Waals surface area (Å²) >= 11 is 1.60. The Morgan fingerprint density at radius 1 is 1.14 bits per heavy atom. The molecule has 0 N–H and O–H groups in total. The zero-order valence-electron chi connectivity index (χ0n) is 17.6. The monoisotopic (exact) mass is 408 g/mol. The highest BCUT2D eigenvalue weighted by Crippen LogP contribution is 2.33. The Balaban J connectivity index is 1.67. The number of anilines is 1. The lowest BCUT2D eigenvalue weighted by Crippen LogP contribution is -2.38. The summed E-state index contributed by atoms with van der Waals surface area (Å²) in [5, 5.41) is 0.777. The lowest BCUT2D eigenvalue weighted by atomic mass is 10.0. The van der Waals surface area contributed by atoms with Crippen LogP contribution in [-0.4, -0.2) is 30.1 Å². The average Bonchev–Trinajstić information content (AvgIpc) is 3.31. The number of benzene rings is 2. The van der Waals surface area contributed by atoms with E-state index in [-0.39, 0.29) is 12.0 Å². The summed E-state index contributed by atoms with van der Waals surface area (Å²) in [6, 6.07) is 10.6. The largest absolute Gasteiger partial charge is 0.376 e. The van der Waals surface area contributed by atoms with Gasteiger partial charge in [0.2, 0.25) is 5.91 Å². The summed E-state index contributed by atoms with van der Waals surface area (Å²) in [4.78, 5) is 20.1. The van der Waals surface area contributed by atoms with E-state index in [4.69, 9.17) is 9.72 Å². The van der Waals surface area contributed by atoms with Gasteiger partial charge in [-0.05, 0) is 68.9 Å². The van der Waals surface area contributed by atoms with E-state index in [2.05, 4.69) is 58.0 Å². The van der Waals surface area contributed by atoms with Gasteiger partial charge in [0.05, 0.1) is 29.3 Å². The number of rotatable bonds is 5. The number of ether oxygens (including phenoxy) is 1.